The van der Waals surface area contributed by atoms with Crippen LogP contribution in [0.5, 0.6) is 0 Å². The SMILES string of the molecule is Cc1nc2ccccc2nc1NC1(CCl)CCOCC1. The Balaban J connectivity index is 1.95. The number of aryl methyl sites for hydroxylation is 1. The molecule has 3 rings (SSSR count). The lowest BCUT2D eigenvalue weighted by Crippen LogP contribution is -2.45. The van der Waals surface area contributed by atoms with Crippen molar-refractivity contribution in [1.82, 2.24) is 9.97 Å². The first-order chi connectivity index (χ1) is 9.72. The third kappa shape index (κ3) is 2.58. The summed E-state index contributed by atoms with van der Waals surface area (Å²) in [5.41, 5.74) is 2.58. The molecule has 1 aromatic heterocycles. The molecule has 1 N–H and O–H groups in total. The molecule has 0 radical (unpaired) electrons. The van der Waals surface area contributed by atoms with Crippen molar-refractivity contribution in [1.29, 1.82) is 0 Å². The predicted molar refractivity (Wildman–Crippen MR) is 81.4 cm³/mol. The standard InChI is InChI=1S/C15H18ClN3O/c1-11-14(18-13-5-3-2-4-12(13)17-11)19-15(10-16)6-8-20-9-7-15/h2-5H,6-10H2,1H3,(H,18,19). The molecular formula is C15H18ClN3O. The van der Waals surface area contributed by atoms with Gasteiger partial charge in [-0.25, -0.2) is 9.97 Å². The van der Waals surface area contributed by atoms with Gasteiger partial charge < -0.3 is 10.1 Å². The molecule has 1 saturated heterocycles. The molecule has 1 fully saturated rings. The Morgan fingerprint density at radius 1 is 1.20 bits per heavy atom. The molecule has 0 spiro atoms. The van der Waals surface area contributed by atoms with Crippen molar-refractivity contribution in [3.8, 4) is 0 Å². The lowest BCUT2D eigenvalue weighted by atomic mass is 9.92. The van der Waals surface area contributed by atoms with Gasteiger partial charge in [-0.1, -0.05) is 12.1 Å². The van der Waals surface area contributed by atoms with Gasteiger partial charge in [-0.15, -0.1) is 11.6 Å². The molecule has 0 saturated carbocycles. The van der Waals surface area contributed by atoms with Gasteiger partial charge in [0.1, 0.15) is 5.82 Å². The number of aromatic nitrogens is 2. The normalized spacial score (nSPS) is 18.1. The van der Waals surface area contributed by atoms with Crippen LogP contribution in [0.15, 0.2) is 24.3 Å². The quantitative estimate of drug-likeness (QED) is 0.883. The first kappa shape index (κ1) is 13.6. The van der Waals surface area contributed by atoms with E-state index in [2.05, 4.69) is 15.3 Å². The number of hydrogen-bond donors (Lipinski definition) is 1. The van der Waals surface area contributed by atoms with Crippen LogP contribution in [0.3, 0.4) is 0 Å². The molecule has 20 heavy (non-hydrogen) atoms. The second-order valence-electron chi connectivity index (χ2n) is 5.30. The summed E-state index contributed by atoms with van der Waals surface area (Å²) in [4.78, 5) is 9.30. The van der Waals surface area contributed by atoms with Crippen LogP contribution >= 0.6 is 11.6 Å². The number of fused-ring (bicyclic) bond motifs is 1. The van der Waals surface area contributed by atoms with Crippen LogP contribution in [0.1, 0.15) is 18.5 Å². The van der Waals surface area contributed by atoms with E-state index in [1.807, 2.05) is 31.2 Å². The van der Waals surface area contributed by atoms with Crippen LogP contribution in [0.2, 0.25) is 0 Å². The van der Waals surface area contributed by atoms with Gasteiger partial charge in [-0.3, -0.25) is 0 Å². The van der Waals surface area contributed by atoms with Gasteiger partial charge in [-0.2, -0.15) is 0 Å². The fourth-order valence-electron chi connectivity index (χ4n) is 2.51. The van der Waals surface area contributed by atoms with Crippen LogP contribution in [-0.4, -0.2) is 34.6 Å². The van der Waals surface area contributed by atoms with Crippen molar-refractivity contribution in [2.24, 2.45) is 0 Å². The third-order valence-corrected chi connectivity index (χ3v) is 4.35. The van der Waals surface area contributed by atoms with E-state index in [0.717, 1.165) is 48.6 Å². The number of nitrogens with one attached hydrogen (secondary N) is 1. The van der Waals surface area contributed by atoms with Gasteiger partial charge in [0.2, 0.25) is 0 Å². The Bertz CT molecular complexity index is 611. The van der Waals surface area contributed by atoms with E-state index in [1.54, 1.807) is 0 Å². The maximum atomic E-state index is 6.19. The fraction of sp³-hybridized carbons (Fsp3) is 0.467. The highest BCUT2D eigenvalue weighted by atomic mass is 35.5. The Labute approximate surface area is 123 Å². The maximum absolute atomic E-state index is 6.19. The molecule has 4 nitrogen and oxygen atoms in total. The summed E-state index contributed by atoms with van der Waals surface area (Å²) in [5.74, 6) is 1.37. The molecule has 1 aliphatic heterocycles. The zero-order chi connectivity index (χ0) is 14.0. The Morgan fingerprint density at radius 2 is 1.85 bits per heavy atom. The maximum Gasteiger partial charge on any atom is 0.148 e. The second kappa shape index (κ2) is 5.54. The summed E-state index contributed by atoms with van der Waals surface area (Å²) in [5, 5.41) is 3.52. The van der Waals surface area contributed by atoms with Crippen LogP contribution in [-0.2, 0) is 4.74 Å². The monoisotopic (exact) mass is 291 g/mol. The van der Waals surface area contributed by atoms with Gasteiger partial charge in [0, 0.05) is 19.1 Å². The number of rotatable bonds is 3. The number of para-hydroxylation sites is 2. The minimum absolute atomic E-state index is 0.137. The highest BCUT2D eigenvalue weighted by molar-refractivity contribution is 6.18. The highest BCUT2D eigenvalue weighted by Gasteiger charge is 2.32. The molecule has 106 valence electrons. The van der Waals surface area contributed by atoms with Crippen molar-refractivity contribution < 1.29 is 4.74 Å². The molecule has 0 bridgehead atoms. The van der Waals surface area contributed by atoms with Gasteiger partial charge in [-0.05, 0) is 31.9 Å². The minimum atomic E-state index is -0.137. The van der Waals surface area contributed by atoms with Crippen molar-refractivity contribution >= 4 is 28.5 Å². The van der Waals surface area contributed by atoms with Crippen molar-refractivity contribution in [2.75, 3.05) is 24.4 Å². The lowest BCUT2D eigenvalue weighted by molar-refractivity contribution is 0.0666. The van der Waals surface area contributed by atoms with Crippen LogP contribution < -0.4 is 5.32 Å². The Kier molecular flexibility index (Phi) is 3.76. The van der Waals surface area contributed by atoms with E-state index in [-0.39, 0.29) is 5.54 Å². The molecule has 0 amide bonds. The number of hydrogen-bond acceptors (Lipinski definition) is 4. The molecule has 2 aromatic rings. The number of nitrogens with zero attached hydrogens (tertiary/aromatic N) is 2. The summed E-state index contributed by atoms with van der Waals surface area (Å²) in [6, 6.07) is 7.90. The first-order valence-corrected chi connectivity index (χ1v) is 7.41. The summed E-state index contributed by atoms with van der Waals surface area (Å²) in [6.45, 7) is 3.45. The van der Waals surface area contributed by atoms with Crippen molar-refractivity contribution in [3.05, 3.63) is 30.0 Å². The smallest absolute Gasteiger partial charge is 0.148 e. The molecular weight excluding hydrogens is 274 g/mol. The minimum Gasteiger partial charge on any atom is -0.381 e. The highest BCUT2D eigenvalue weighted by Crippen LogP contribution is 2.28. The second-order valence-corrected chi connectivity index (χ2v) is 5.56. The zero-order valence-electron chi connectivity index (χ0n) is 11.5. The van der Waals surface area contributed by atoms with E-state index in [1.165, 1.54) is 0 Å². The van der Waals surface area contributed by atoms with Crippen LogP contribution in [0.25, 0.3) is 11.0 Å². The van der Waals surface area contributed by atoms with Crippen molar-refractivity contribution in [3.63, 3.8) is 0 Å². The van der Waals surface area contributed by atoms with E-state index >= 15 is 0 Å². The van der Waals surface area contributed by atoms with Crippen molar-refractivity contribution in [2.45, 2.75) is 25.3 Å². The number of benzene rings is 1. The number of ether oxygens (including phenoxy) is 1. The average molecular weight is 292 g/mol. The van der Waals surface area contributed by atoms with Crippen LogP contribution in [0.4, 0.5) is 5.82 Å². The molecule has 2 heterocycles. The largest absolute Gasteiger partial charge is 0.381 e. The number of alkyl halides is 1. The molecule has 1 aromatic carbocycles. The van der Waals surface area contributed by atoms with E-state index in [0.29, 0.717) is 5.88 Å². The Morgan fingerprint density at radius 3 is 2.50 bits per heavy atom. The van der Waals surface area contributed by atoms with E-state index in [4.69, 9.17) is 16.3 Å². The molecule has 5 heteroatoms. The zero-order valence-corrected chi connectivity index (χ0v) is 12.3. The first-order valence-electron chi connectivity index (χ1n) is 6.88. The van der Waals surface area contributed by atoms with Gasteiger partial charge in [0.25, 0.3) is 0 Å². The van der Waals surface area contributed by atoms with E-state index < -0.39 is 0 Å². The summed E-state index contributed by atoms with van der Waals surface area (Å²) >= 11 is 6.19. The van der Waals surface area contributed by atoms with Gasteiger partial charge in [0.15, 0.2) is 0 Å². The molecule has 0 unspecified atom stereocenters. The predicted octanol–water partition coefficient (Wildman–Crippen LogP) is 3.14. The number of halogens is 1. The molecule has 1 aliphatic rings. The fourth-order valence-corrected chi connectivity index (χ4v) is 2.85. The number of anilines is 1. The van der Waals surface area contributed by atoms with Crippen LogP contribution in [0, 0.1) is 6.92 Å². The topological polar surface area (TPSA) is 47.0 Å². The Hall–Kier alpha value is -1.39. The summed E-state index contributed by atoms with van der Waals surface area (Å²) in [7, 11) is 0. The van der Waals surface area contributed by atoms with E-state index in [9.17, 15) is 0 Å². The molecule has 0 aliphatic carbocycles. The lowest BCUT2D eigenvalue weighted by Gasteiger charge is -2.37. The van der Waals surface area contributed by atoms with Gasteiger partial charge >= 0.3 is 0 Å². The third-order valence-electron chi connectivity index (χ3n) is 3.83. The average Bonchev–Trinajstić information content (AvgIpc) is 2.49. The molecule has 0 atom stereocenters. The summed E-state index contributed by atoms with van der Waals surface area (Å²) < 4.78 is 5.43. The summed E-state index contributed by atoms with van der Waals surface area (Å²) in [6.07, 6.45) is 1.79. The van der Waals surface area contributed by atoms with Gasteiger partial charge in [0.05, 0.1) is 22.3 Å².